The van der Waals surface area contributed by atoms with Crippen LogP contribution in [0.25, 0.3) is 21.7 Å². The van der Waals surface area contributed by atoms with Crippen molar-refractivity contribution >= 4 is 33.6 Å². The van der Waals surface area contributed by atoms with Crippen molar-refractivity contribution in [2.45, 2.75) is 45.2 Å². The topological polar surface area (TPSA) is 60.8 Å². The highest BCUT2D eigenvalue weighted by atomic mass is 19.1. The number of carbonyl (C=O) groups is 2. The van der Waals surface area contributed by atoms with Crippen LogP contribution < -0.4 is 0 Å². The molecule has 7 heteroatoms. The van der Waals surface area contributed by atoms with E-state index in [0.29, 0.717) is 39.0 Å². The predicted octanol–water partition coefficient (Wildman–Crippen LogP) is 5.07. The zero-order valence-corrected chi connectivity index (χ0v) is 21.9. The summed E-state index contributed by atoms with van der Waals surface area (Å²) in [7, 11) is 1.64. The van der Waals surface area contributed by atoms with Gasteiger partial charge in [-0.3, -0.25) is 9.59 Å². The van der Waals surface area contributed by atoms with Gasteiger partial charge >= 0.3 is 5.97 Å². The second-order valence-electron chi connectivity index (χ2n) is 9.77. The first-order valence-electron chi connectivity index (χ1n) is 13.2. The van der Waals surface area contributed by atoms with E-state index < -0.39 is 0 Å². The summed E-state index contributed by atoms with van der Waals surface area (Å²) in [6.07, 6.45) is 2.32. The summed E-state index contributed by atoms with van der Waals surface area (Å²) in [6, 6.07) is 18.8. The summed E-state index contributed by atoms with van der Waals surface area (Å²) in [6.45, 7) is 3.10. The van der Waals surface area contributed by atoms with E-state index in [9.17, 15) is 14.0 Å². The number of benzene rings is 3. The first-order chi connectivity index (χ1) is 18.5. The standard InChI is InChI=1S/C31H33FN2O4/c1-3-38-31(36)20-34-28-13-11-23(32)18-26(28)27-19-24(12-14-29(27)34)33(15-16-37-2)30(35)17-22-9-6-8-21-7-4-5-10-25(21)22/h4-11,13,18,24H,3,12,14-17,19-20H2,1-2H3/t24-/m0/s1. The minimum absolute atomic E-state index is 0.0493. The Hall–Kier alpha value is -3.71. The van der Waals surface area contributed by atoms with Crippen LogP contribution in [0.1, 0.15) is 30.2 Å². The minimum Gasteiger partial charge on any atom is -0.465 e. The number of hydrogen-bond acceptors (Lipinski definition) is 4. The van der Waals surface area contributed by atoms with Gasteiger partial charge in [-0.2, -0.15) is 0 Å². The second kappa shape index (κ2) is 11.4. The fourth-order valence-electron chi connectivity index (χ4n) is 5.80. The largest absolute Gasteiger partial charge is 0.465 e. The van der Waals surface area contributed by atoms with Gasteiger partial charge in [-0.25, -0.2) is 4.39 Å². The second-order valence-corrected chi connectivity index (χ2v) is 9.77. The lowest BCUT2D eigenvalue weighted by molar-refractivity contribution is -0.143. The maximum absolute atomic E-state index is 14.3. The number of nitrogens with zero attached hydrogens (tertiary/aromatic N) is 2. The number of ether oxygens (including phenoxy) is 2. The zero-order chi connectivity index (χ0) is 26.6. The van der Waals surface area contributed by atoms with Gasteiger partial charge in [-0.15, -0.1) is 0 Å². The third-order valence-electron chi connectivity index (χ3n) is 7.51. The van der Waals surface area contributed by atoms with Crippen LogP contribution in [0.5, 0.6) is 0 Å². The molecule has 38 heavy (non-hydrogen) atoms. The number of esters is 1. The van der Waals surface area contributed by atoms with Gasteiger partial charge in [0.25, 0.3) is 0 Å². The molecule has 0 fully saturated rings. The van der Waals surface area contributed by atoms with E-state index in [-0.39, 0.29) is 30.3 Å². The highest BCUT2D eigenvalue weighted by Crippen LogP contribution is 2.35. The summed E-state index contributed by atoms with van der Waals surface area (Å²) in [4.78, 5) is 28.1. The van der Waals surface area contributed by atoms with Gasteiger partial charge < -0.3 is 18.9 Å². The molecule has 1 amide bonds. The van der Waals surface area contributed by atoms with Crippen molar-refractivity contribution in [2.75, 3.05) is 26.9 Å². The molecular weight excluding hydrogens is 483 g/mol. The van der Waals surface area contributed by atoms with E-state index in [0.717, 1.165) is 44.9 Å². The van der Waals surface area contributed by atoms with E-state index in [4.69, 9.17) is 9.47 Å². The maximum atomic E-state index is 14.3. The fourth-order valence-corrected chi connectivity index (χ4v) is 5.80. The molecule has 0 N–H and O–H groups in total. The Morgan fingerprint density at radius 3 is 2.71 bits per heavy atom. The van der Waals surface area contributed by atoms with E-state index in [1.807, 2.05) is 33.7 Å². The highest BCUT2D eigenvalue weighted by Gasteiger charge is 2.32. The number of carbonyl (C=O) groups excluding carboxylic acids is 2. The van der Waals surface area contributed by atoms with Crippen LogP contribution in [0.15, 0.2) is 60.7 Å². The lowest BCUT2D eigenvalue weighted by Crippen LogP contribution is -2.46. The molecule has 0 unspecified atom stereocenters. The molecule has 1 heterocycles. The van der Waals surface area contributed by atoms with Crippen LogP contribution in [0.2, 0.25) is 0 Å². The number of halogens is 1. The number of methoxy groups -OCH3 is 1. The molecule has 5 rings (SSSR count). The number of fused-ring (bicyclic) bond motifs is 4. The molecular formula is C31H33FN2O4. The molecule has 1 atom stereocenters. The van der Waals surface area contributed by atoms with E-state index in [2.05, 4.69) is 18.2 Å². The summed E-state index contributed by atoms with van der Waals surface area (Å²) < 4.78 is 26.9. The zero-order valence-electron chi connectivity index (χ0n) is 21.9. The van der Waals surface area contributed by atoms with Crippen LogP contribution >= 0.6 is 0 Å². The van der Waals surface area contributed by atoms with Gasteiger partial charge in [-0.05, 0) is 66.3 Å². The summed E-state index contributed by atoms with van der Waals surface area (Å²) in [5, 5.41) is 2.99. The third kappa shape index (κ3) is 5.16. The Balaban J connectivity index is 1.46. The average Bonchev–Trinajstić information content (AvgIpc) is 3.21. The van der Waals surface area contributed by atoms with Crippen molar-refractivity contribution in [1.82, 2.24) is 9.47 Å². The summed E-state index contributed by atoms with van der Waals surface area (Å²) >= 11 is 0. The molecule has 0 bridgehead atoms. The third-order valence-corrected chi connectivity index (χ3v) is 7.51. The Labute approximate surface area is 221 Å². The highest BCUT2D eigenvalue weighted by molar-refractivity contribution is 5.91. The minimum atomic E-state index is -0.320. The van der Waals surface area contributed by atoms with Crippen molar-refractivity contribution in [2.24, 2.45) is 0 Å². The Kier molecular flexibility index (Phi) is 7.74. The van der Waals surface area contributed by atoms with Gasteiger partial charge in [0.1, 0.15) is 12.4 Å². The van der Waals surface area contributed by atoms with Crippen molar-refractivity contribution in [1.29, 1.82) is 0 Å². The van der Waals surface area contributed by atoms with Crippen LogP contribution in [-0.2, 0) is 44.9 Å². The van der Waals surface area contributed by atoms with Crippen molar-refractivity contribution in [3.8, 4) is 0 Å². The van der Waals surface area contributed by atoms with Gasteiger partial charge in [0.05, 0.1) is 19.6 Å². The van der Waals surface area contributed by atoms with Crippen LogP contribution in [-0.4, -0.2) is 54.3 Å². The van der Waals surface area contributed by atoms with Crippen LogP contribution in [0, 0.1) is 5.82 Å². The summed E-state index contributed by atoms with van der Waals surface area (Å²) in [5.74, 6) is -0.585. The molecule has 198 valence electrons. The number of aromatic nitrogens is 1. The molecule has 3 aromatic carbocycles. The molecule has 1 aliphatic carbocycles. The average molecular weight is 517 g/mol. The van der Waals surface area contributed by atoms with E-state index in [1.165, 1.54) is 12.1 Å². The van der Waals surface area contributed by atoms with Gasteiger partial charge in [0.15, 0.2) is 0 Å². The van der Waals surface area contributed by atoms with E-state index in [1.54, 1.807) is 20.1 Å². The molecule has 0 saturated heterocycles. The number of rotatable bonds is 9. The normalized spacial score (nSPS) is 15.0. The molecule has 0 aliphatic heterocycles. The Morgan fingerprint density at radius 1 is 1.08 bits per heavy atom. The molecule has 6 nitrogen and oxygen atoms in total. The molecule has 1 aliphatic rings. The molecule has 1 aromatic heterocycles. The lowest BCUT2D eigenvalue weighted by Gasteiger charge is -2.35. The summed E-state index contributed by atoms with van der Waals surface area (Å²) in [5.41, 5.74) is 3.83. The SMILES string of the molecule is CCOC(=O)Cn1c2c(c3cc(F)ccc31)C[C@@H](N(CCOC)C(=O)Cc1cccc3ccccc13)CC2. The maximum Gasteiger partial charge on any atom is 0.325 e. The first-order valence-corrected chi connectivity index (χ1v) is 13.2. The smallest absolute Gasteiger partial charge is 0.325 e. The van der Waals surface area contributed by atoms with Gasteiger partial charge in [0.2, 0.25) is 5.91 Å². The lowest BCUT2D eigenvalue weighted by atomic mass is 9.89. The predicted molar refractivity (Wildman–Crippen MR) is 146 cm³/mol. The molecule has 4 aromatic rings. The number of amides is 1. The van der Waals surface area contributed by atoms with Gasteiger partial charge in [0, 0.05) is 36.3 Å². The molecule has 0 saturated carbocycles. The van der Waals surface area contributed by atoms with Gasteiger partial charge in [-0.1, -0.05) is 42.5 Å². The van der Waals surface area contributed by atoms with Crippen molar-refractivity contribution in [3.05, 3.63) is 83.3 Å². The monoisotopic (exact) mass is 516 g/mol. The van der Waals surface area contributed by atoms with Crippen LogP contribution in [0.3, 0.4) is 0 Å². The Morgan fingerprint density at radius 2 is 1.89 bits per heavy atom. The quantitative estimate of drug-likeness (QED) is 0.292. The van der Waals surface area contributed by atoms with Crippen molar-refractivity contribution < 1.29 is 23.5 Å². The Bertz CT molecular complexity index is 1470. The van der Waals surface area contributed by atoms with E-state index >= 15 is 0 Å². The first kappa shape index (κ1) is 25.9. The van der Waals surface area contributed by atoms with Crippen LogP contribution in [0.4, 0.5) is 4.39 Å². The number of hydrogen-bond donors (Lipinski definition) is 0. The van der Waals surface area contributed by atoms with Crippen molar-refractivity contribution in [3.63, 3.8) is 0 Å². The molecule has 0 radical (unpaired) electrons. The molecule has 0 spiro atoms. The fraction of sp³-hybridized carbons (Fsp3) is 0.355.